The van der Waals surface area contributed by atoms with Crippen molar-refractivity contribution in [3.63, 3.8) is 0 Å². The fourth-order valence-electron chi connectivity index (χ4n) is 1.43. The van der Waals surface area contributed by atoms with Crippen LogP contribution in [0.5, 0.6) is 0 Å². The van der Waals surface area contributed by atoms with Gasteiger partial charge >= 0.3 is 5.97 Å². The van der Waals surface area contributed by atoms with Crippen LogP contribution in [0.2, 0.25) is 5.02 Å². The van der Waals surface area contributed by atoms with Crippen LogP contribution >= 0.6 is 11.6 Å². The minimum atomic E-state index is -0.960. The molecule has 90 valence electrons. The number of pyridine rings is 1. The van der Waals surface area contributed by atoms with Crippen LogP contribution in [-0.4, -0.2) is 29.1 Å². The fraction of sp³-hybridized carbons (Fsp3) is 0.364. The molecule has 0 aliphatic rings. The van der Waals surface area contributed by atoms with Crippen LogP contribution in [0, 0.1) is 11.3 Å². The van der Waals surface area contributed by atoms with Gasteiger partial charge in [0.15, 0.2) is 0 Å². The van der Waals surface area contributed by atoms with Gasteiger partial charge in [0.25, 0.3) is 0 Å². The van der Waals surface area contributed by atoms with E-state index in [-0.39, 0.29) is 11.6 Å². The smallest absolute Gasteiger partial charge is 0.323 e. The first-order valence-electron chi connectivity index (χ1n) is 5.11. The number of carboxylic acid groups (broad SMARTS) is 1. The van der Waals surface area contributed by atoms with Gasteiger partial charge in [0, 0.05) is 12.7 Å². The van der Waals surface area contributed by atoms with E-state index in [1.165, 1.54) is 12.3 Å². The summed E-state index contributed by atoms with van der Waals surface area (Å²) in [6.45, 7) is 2.26. The second-order valence-electron chi connectivity index (χ2n) is 3.42. The molecule has 17 heavy (non-hydrogen) atoms. The molecule has 0 aliphatic carbocycles. The molecule has 1 heterocycles. The minimum absolute atomic E-state index is 0.185. The molecular weight excluding hydrogens is 242 g/mol. The van der Waals surface area contributed by atoms with Crippen molar-refractivity contribution in [2.75, 3.05) is 18.0 Å². The molecule has 0 fully saturated rings. The Morgan fingerprint density at radius 3 is 2.94 bits per heavy atom. The zero-order chi connectivity index (χ0) is 12.8. The first-order chi connectivity index (χ1) is 8.10. The molecule has 0 spiro atoms. The van der Waals surface area contributed by atoms with Crippen molar-refractivity contribution < 1.29 is 9.90 Å². The molecule has 6 heteroatoms. The zero-order valence-electron chi connectivity index (χ0n) is 9.35. The maximum Gasteiger partial charge on any atom is 0.323 e. The van der Waals surface area contributed by atoms with Crippen molar-refractivity contribution in [3.05, 3.63) is 22.8 Å². The second-order valence-corrected chi connectivity index (χ2v) is 3.80. The molecule has 0 saturated heterocycles. The molecule has 1 aromatic heterocycles. The van der Waals surface area contributed by atoms with Gasteiger partial charge in [-0.3, -0.25) is 4.79 Å². The molecule has 1 N–H and O–H groups in total. The number of aromatic nitrogens is 1. The number of nitrogens with zero attached hydrogens (tertiary/aromatic N) is 3. The van der Waals surface area contributed by atoms with E-state index in [0.29, 0.717) is 17.9 Å². The Kier molecular flexibility index (Phi) is 4.73. The summed E-state index contributed by atoms with van der Waals surface area (Å²) in [6.07, 6.45) is 2.21. The van der Waals surface area contributed by atoms with Crippen molar-refractivity contribution in [1.82, 2.24) is 4.98 Å². The molecule has 0 bridgehead atoms. The van der Waals surface area contributed by atoms with E-state index in [1.54, 1.807) is 4.90 Å². The van der Waals surface area contributed by atoms with Gasteiger partial charge in [-0.1, -0.05) is 18.5 Å². The molecule has 0 aromatic carbocycles. The van der Waals surface area contributed by atoms with E-state index in [0.717, 1.165) is 6.42 Å². The number of anilines is 1. The van der Waals surface area contributed by atoms with Gasteiger partial charge < -0.3 is 10.0 Å². The number of carbonyl (C=O) groups is 1. The van der Waals surface area contributed by atoms with Gasteiger partial charge in [-0.05, 0) is 12.5 Å². The van der Waals surface area contributed by atoms with Crippen LogP contribution in [0.15, 0.2) is 12.3 Å². The maximum absolute atomic E-state index is 10.7. The van der Waals surface area contributed by atoms with Gasteiger partial charge in [-0.2, -0.15) is 5.26 Å². The van der Waals surface area contributed by atoms with Gasteiger partial charge in [-0.15, -0.1) is 0 Å². The molecule has 0 saturated carbocycles. The fourth-order valence-corrected chi connectivity index (χ4v) is 1.71. The minimum Gasteiger partial charge on any atom is -0.480 e. The van der Waals surface area contributed by atoms with Crippen LogP contribution in [0.1, 0.15) is 18.9 Å². The molecule has 0 unspecified atom stereocenters. The third kappa shape index (κ3) is 3.33. The van der Waals surface area contributed by atoms with E-state index in [1.807, 2.05) is 13.0 Å². The van der Waals surface area contributed by atoms with Crippen molar-refractivity contribution in [2.24, 2.45) is 0 Å². The summed E-state index contributed by atoms with van der Waals surface area (Å²) in [5.41, 5.74) is 0.295. The molecule has 5 nitrogen and oxygen atoms in total. The predicted molar refractivity (Wildman–Crippen MR) is 64.1 cm³/mol. The van der Waals surface area contributed by atoms with E-state index in [9.17, 15) is 4.79 Å². The topological polar surface area (TPSA) is 77.2 Å². The highest BCUT2D eigenvalue weighted by molar-refractivity contribution is 6.34. The monoisotopic (exact) mass is 253 g/mol. The second kappa shape index (κ2) is 6.06. The summed E-state index contributed by atoms with van der Waals surface area (Å²) in [7, 11) is 0. The SMILES string of the molecule is CCCN(CC(=O)O)c1nccc(C#N)c1Cl. The highest BCUT2D eigenvalue weighted by Crippen LogP contribution is 2.26. The first kappa shape index (κ1) is 13.3. The van der Waals surface area contributed by atoms with Gasteiger partial charge in [0.2, 0.25) is 0 Å². The Labute approximate surface area is 104 Å². The standard InChI is InChI=1S/C11H12ClN3O2/c1-2-5-15(7-9(16)17)11-10(12)8(6-13)3-4-14-11/h3-4H,2,5,7H2,1H3,(H,16,17). The quantitative estimate of drug-likeness (QED) is 0.867. The number of hydrogen-bond acceptors (Lipinski definition) is 4. The van der Waals surface area contributed by atoms with Gasteiger partial charge in [0.1, 0.15) is 23.5 Å². The van der Waals surface area contributed by atoms with Gasteiger partial charge in [-0.25, -0.2) is 4.98 Å². The average molecular weight is 254 g/mol. The largest absolute Gasteiger partial charge is 0.480 e. The number of carboxylic acids is 1. The third-order valence-electron chi connectivity index (χ3n) is 2.11. The molecular formula is C11H12ClN3O2. The normalized spacial score (nSPS) is 9.71. The molecule has 1 rings (SSSR count). The lowest BCUT2D eigenvalue weighted by Crippen LogP contribution is -2.31. The number of nitriles is 1. The van der Waals surface area contributed by atoms with E-state index in [2.05, 4.69) is 4.98 Å². The lowest BCUT2D eigenvalue weighted by Gasteiger charge is -2.22. The lowest BCUT2D eigenvalue weighted by molar-refractivity contribution is -0.135. The Morgan fingerprint density at radius 2 is 2.41 bits per heavy atom. The molecule has 0 amide bonds. The van der Waals surface area contributed by atoms with Crippen molar-refractivity contribution in [3.8, 4) is 6.07 Å². The van der Waals surface area contributed by atoms with Gasteiger partial charge in [0.05, 0.1) is 5.56 Å². The van der Waals surface area contributed by atoms with E-state index < -0.39 is 5.97 Å². The zero-order valence-corrected chi connectivity index (χ0v) is 10.1. The maximum atomic E-state index is 10.7. The van der Waals surface area contributed by atoms with Crippen LogP contribution in [0.25, 0.3) is 0 Å². The number of hydrogen-bond donors (Lipinski definition) is 1. The summed E-state index contributed by atoms with van der Waals surface area (Å²) < 4.78 is 0. The molecule has 1 aromatic rings. The van der Waals surface area contributed by atoms with Crippen molar-refractivity contribution in [2.45, 2.75) is 13.3 Å². The van der Waals surface area contributed by atoms with Crippen molar-refractivity contribution in [1.29, 1.82) is 5.26 Å². The summed E-state index contributed by atoms with van der Waals surface area (Å²) >= 11 is 6.00. The molecule has 0 aliphatic heterocycles. The number of aliphatic carboxylic acids is 1. The highest BCUT2D eigenvalue weighted by Gasteiger charge is 2.16. The molecule has 0 radical (unpaired) electrons. The van der Waals surface area contributed by atoms with Crippen LogP contribution in [0.4, 0.5) is 5.82 Å². The summed E-state index contributed by atoms with van der Waals surface area (Å²) in [4.78, 5) is 16.3. The Hall–Kier alpha value is -1.80. The highest BCUT2D eigenvalue weighted by atomic mass is 35.5. The summed E-state index contributed by atoms with van der Waals surface area (Å²) in [5, 5.41) is 17.8. The predicted octanol–water partition coefficient (Wildman–Crippen LogP) is 1.91. The average Bonchev–Trinajstić information content (AvgIpc) is 2.28. The Bertz CT molecular complexity index is 457. The van der Waals surface area contributed by atoms with Crippen LogP contribution in [-0.2, 0) is 4.79 Å². The molecule has 0 atom stereocenters. The number of halogens is 1. The lowest BCUT2D eigenvalue weighted by atomic mass is 10.2. The van der Waals surface area contributed by atoms with Crippen molar-refractivity contribution >= 4 is 23.4 Å². The number of rotatable bonds is 5. The summed E-state index contributed by atoms with van der Waals surface area (Å²) in [5.74, 6) is -0.617. The van der Waals surface area contributed by atoms with E-state index in [4.69, 9.17) is 22.0 Å². The van der Waals surface area contributed by atoms with Crippen LogP contribution in [0.3, 0.4) is 0 Å². The first-order valence-corrected chi connectivity index (χ1v) is 5.49. The van der Waals surface area contributed by atoms with E-state index >= 15 is 0 Å². The Morgan fingerprint density at radius 1 is 1.71 bits per heavy atom. The third-order valence-corrected chi connectivity index (χ3v) is 2.48. The summed E-state index contributed by atoms with van der Waals surface area (Å²) in [6, 6.07) is 3.44. The van der Waals surface area contributed by atoms with Crippen LogP contribution < -0.4 is 4.90 Å². The Balaban J connectivity index is 3.10.